The largest absolute Gasteiger partial charge is 0.349 e. The highest BCUT2D eigenvalue weighted by molar-refractivity contribution is 5.96. The van der Waals surface area contributed by atoms with Crippen LogP contribution in [0.2, 0.25) is 0 Å². The summed E-state index contributed by atoms with van der Waals surface area (Å²) < 4.78 is 2.19. The van der Waals surface area contributed by atoms with E-state index in [1.165, 1.54) is 16.7 Å². The van der Waals surface area contributed by atoms with Gasteiger partial charge in [0.2, 0.25) is 0 Å². The summed E-state index contributed by atoms with van der Waals surface area (Å²) in [6.07, 6.45) is 5.43. The van der Waals surface area contributed by atoms with Gasteiger partial charge in [0.05, 0.1) is 5.56 Å². The number of rotatable bonds is 4. The minimum absolute atomic E-state index is 0.0249. The number of nitrogens with zero attached hydrogens (tertiary/aromatic N) is 2. The second kappa shape index (κ2) is 6.79. The number of carbonyl (C=O) groups is 1. The summed E-state index contributed by atoms with van der Waals surface area (Å²) in [5, 5.41) is 3.23. The molecule has 0 radical (unpaired) electrons. The molecule has 1 amide bonds. The highest BCUT2D eigenvalue weighted by atomic mass is 16.1. The zero-order chi connectivity index (χ0) is 18.1. The van der Waals surface area contributed by atoms with Gasteiger partial charge in [0.1, 0.15) is 0 Å². The van der Waals surface area contributed by atoms with Crippen LogP contribution in [0.3, 0.4) is 0 Å². The van der Waals surface area contributed by atoms with Gasteiger partial charge in [0.15, 0.2) is 0 Å². The molecule has 0 bridgehead atoms. The third kappa shape index (κ3) is 3.15. The molecule has 1 aliphatic carbocycles. The molecule has 4 nitrogen and oxygen atoms in total. The Morgan fingerprint density at radius 3 is 2.42 bits per heavy atom. The number of benzene rings is 1. The molecule has 0 saturated heterocycles. The number of hydrogen-bond donors (Lipinski definition) is 1. The predicted octanol–water partition coefficient (Wildman–Crippen LogP) is 3.45. The van der Waals surface area contributed by atoms with E-state index in [9.17, 15) is 4.79 Å². The van der Waals surface area contributed by atoms with E-state index in [-0.39, 0.29) is 11.9 Å². The molecular formula is C22H23N3O. The van der Waals surface area contributed by atoms with E-state index in [0.29, 0.717) is 0 Å². The third-order valence-electron chi connectivity index (χ3n) is 5.29. The Hall–Kier alpha value is -2.88. The van der Waals surface area contributed by atoms with Gasteiger partial charge in [-0.3, -0.25) is 9.78 Å². The molecule has 1 N–H and O–H groups in total. The number of aromatic nitrogens is 2. The first-order chi connectivity index (χ1) is 12.6. The fraction of sp³-hybridized carbons (Fsp3) is 0.273. The summed E-state index contributed by atoms with van der Waals surface area (Å²) >= 11 is 0. The minimum atomic E-state index is 0.0249. The van der Waals surface area contributed by atoms with Crippen LogP contribution in [0.15, 0.2) is 54.9 Å². The zero-order valence-corrected chi connectivity index (χ0v) is 15.2. The van der Waals surface area contributed by atoms with Crippen LogP contribution in [0.4, 0.5) is 0 Å². The van der Waals surface area contributed by atoms with Crippen LogP contribution < -0.4 is 5.32 Å². The second-order valence-corrected chi connectivity index (χ2v) is 7.07. The first-order valence-electron chi connectivity index (χ1n) is 9.05. The summed E-state index contributed by atoms with van der Waals surface area (Å²) in [6, 6.07) is 14.6. The van der Waals surface area contributed by atoms with Crippen molar-refractivity contribution in [3.05, 3.63) is 88.5 Å². The lowest BCUT2D eigenvalue weighted by Crippen LogP contribution is -2.35. The lowest BCUT2D eigenvalue weighted by molar-refractivity contribution is 0.0938. The number of hydrogen-bond acceptors (Lipinski definition) is 2. The number of nitrogens with one attached hydrogen (secondary N) is 1. The van der Waals surface area contributed by atoms with Crippen LogP contribution in [0.1, 0.15) is 38.4 Å². The Morgan fingerprint density at radius 2 is 1.77 bits per heavy atom. The first kappa shape index (κ1) is 16.6. The maximum absolute atomic E-state index is 12.9. The summed E-state index contributed by atoms with van der Waals surface area (Å²) in [5.41, 5.74) is 6.75. The second-order valence-electron chi connectivity index (χ2n) is 7.07. The van der Waals surface area contributed by atoms with Crippen LogP contribution in [0, 0.1) is 13.8 Å². The average Bonchev–Trinajstić information content (AvgIpc) is 3.17. The van der Waals surface area contributed by atoms with Gasteiger partial charge in [-0.1, -0.05) is 24.3 Å². The van der Waals surface area contributed by atoms with Gasteiger partial charge >= 0.3 is 0 Å². The molecule has 4 rings (SSSR count). The fourth-order valence-electron chi connectivity index (χ4n) is 3.87. The molecule has 0 fully saturated rings. The van der Waals surface area contributed by atoms with E-state index in [2.05, 4.69) is 46.1 Å². The number of pyridine rings is 1. The number of amides is 1. The quantitative estimate of drug-likeness (QED) is 0.787. The van der Waals surface area contributed by atoms with Crippen molar-refractivity contribution in [3.63, 3.8) is 0 Å². The van der Waals surface area contributed by atoms with Crippen molar-refractivity contribution in [1.29, 1.82) is 0 Å². The van der Waals surface area contributed by atoms with Gasteiger partial charge in [0, 0.05) is 36.4 Å². The topological polar surface area (TPSA) is 46.9 Å². The Morgan fingerprint density at radius 1 is 1.12 bits per heavy atom. The van der Waals surface area contributed by atoms with Crippen molar-refractivity contribution in [2.24, 2.45) is 0 Å². The van der Waals surface area contributed by atoms with Crippen molar-refractivity contribution in [1.82, 2.24) is 14.9 Å². The first-order valence-corrected chi connectivity index (χ1v) is 9.05. The smallest absolute Gasteiger partial charge is 0.253 e. The molecule has 3 aromatic rings. The molecule has 1 aromatic carbocycles. The summed E-state index contributed by atoms with van der Waals surface area (Å²) in [6.45, 7) is 4.82. The van der Waals surface area contributed by atoms with E-state index in [0.717, 1.165) is 36.3 Å². The van der Waals surface area contributed by atoms with E-state index in [4.69, 9.17) is 0 Å². The van der Waals surface area contributed by atoms with E-state index in [1.807, 2.05) is 25.1 Å². The monoisotopic (exact) mass is 345 g/mol. The van der Waals surface area contributed by atoms with Gasteiger partial charge in [-0.05, 0) is 61.6 Å². The lowest BCUT2D eigenvalue weighted by atomic mass is 10.1. The molecule has 0 unspecified atom stereocenters. The number of aryl methyl sites for hydroxylation is 1. The summed E-state index contributed by atoms with van der Waals surface area (Å²) in [7, 11) is 0. The van der Waals surface area contributed by atoms with Crippen molar-refractivity contribution >= 4 is 5.91 Å². The van der Waals surface area contributed by atoms with Crippen molar-refractivity contribution in [2.75, 3.05) is 0 Å². The predicted molar refractivity (Wildman–Crippen MR) is 102 cm³/mol. The van der Waals surface area contributed by atoms with E-state index >= 15 is 0 Å². The van der Waals surface area contributed by atoms with Crippen molar-refractivity contribution < 1.29 is 4.79 Å². The Labute approximate surface area is 153 Å². The van der Waals surface area contributed by atoms with E-state index < -0.39 is 0 Å². The summed E-state index contributed by atoms with van der Waals surface area (Å²) in [4.78, 5) is 16.9. The normalized spacial score (nSPS) is 13.6. The van der Waals surface area contributed by atoms with Crippen LogP contribution in [0.25, 0.3) is 0 Å². The molecular weight excluding hydrogens is 322 g/mol. The SMILES string of the molecule is Cc1cc(C(=O)NC2Cc3ccccc3C2)c(C)n1Cc1ccncc1. The highest BCUT2D eigenvalue weighted by Gasteiger charge is 2.24. The minimum Gasteiger partial charge on any atom is -0.349 e. The van der Waals surface area contributed by atoms with Crippen molar-refractivity contribution in [2.45, 2.75) is 39.3 Å². The van der Waals surface area contributed by atoms with Gasteiger partial charge in [0.25, 0.3) is 5.91 Å². The molecule has 2 aromatic heterocycles. The van der Waals surface area contributed by atoms with E-state index in [1.54, 1.807) is 12.4 Å². The zero-order valence-electron chi connectivity index (χ0n) is 15.2. The maximum Gasteiger partial charge on any atom is 0.253 e. The molecule has 1 aliphatic rings. The van der Waals surface area contributed by atoms with Gasteiger partial charge in [-0.25, -0.2) is 0 Å². The Kier molecular flexibility index (Phi) is 4.33. The van der Waals surface area contributed by atoms with Gasteiger partial charge in [-0.2, -0.15) is 0 Å². The average molecular weight is 345 g/mol. The fourth-order valence-corrected chi connectivity index (χ4v) is 3.87. The highest BCUT2D eigenvalue weighted by Crippen LogP contribution is 2.23. The van der Waals surface area contributed by atoms with Crippen LogP contribution >= 0.6 is 0 Å². The molecule has 132 valence electrons. The third-order valence-corrected chi connectivity index (χ3v) is 5.29. The van der Waals surface area contributed by atoms with Crippen LogP contribution in [-0.2, 0) is 19.4 Å². The van der Waals surface area contributed by atoms with Crippen molar-refractivity contribution in [3.8, 4) is 0 Å². The lowest BCUT2D eigenvalue weighted by Gasteiger charge is -2.13. The molecule has 4 heteroatoms. The van der Waals surface area contributed by atoms with Gasteiger partial charge < -0.3 is 9.88 Å². The Bertz CT molecular complexity index is 918. The molecule has 0 spiro atoms. The van der Waals surface area contributed by atoms with Gasteiger partial charge in [-0.15, -0.1) is 0 Å². The molecule has 0 saturated carbocycles. The standard InChI is InChI=1S/C22H23N3O/c1-15-11-21(16(2)25(15)14-17-7-9-23-10-8-17)22(26)24-20-12-18-5-3-4-6-19(18)13-20/h3-11,20H,12-14H2,1-2H3,(H,24,26). The number of carbonyl (C=O) groups excluding carboxylic acids is 1. The Balaban J connectivity index is 1.50. The van der Waals surface area contributed by atoms with Crippen LogP contribution in [-0.4, -0.2) is 21.5 Å². The molecule has 0 atom stereocenters. The molecule has 2 heterocycles. The molecule has 0 aliphatic heterocycles. The number of fused-ring (bicyclic) bond motifs is 1. The summed E-state index contributed by atoms with van der Waals surface area (Å²) in [5.74, 6) is 0.0249. The molecule has 26 heavy (non-hydrogen) atoms. The van der Waals surface area contributed by atoms with Crippen LogP contribution in [0.5, 0.6) is 0 Å². The maximum atomic E-state index is 12.9.